The molecule has 21 heavy (non-hydrogen) atoms. The van der Waals surface area contributed by atoms with E-state index in [1.54, 1.807) is 0 Å². The second-order valence-electron chi connectivity index (χ2n) is 5.73. The topological polar surface area (TPSA) is 28.2 Å². The van der Waals surface area contributed by atoms with Gasteiger partial charge in [-0.25, -0.2) is 0 Å². The predicted molar refractivity (Wildman–Crippen MR) is 87.5 cm³/mol. The SMILES string of the molecule is CNC1CCCN(Cc2cccc(C)n2)c2ccccc21. The van der Waals surface area contributed by atoms with Gasteiger partial charge in [-0.3, -0.25) is 4.98 Å². The Balaban J connectivity index is 1.91. The normalized spacial score (nSPS) is 18.2. The smallest absolute Gasteiger partial charge is 0.0602 e. The first-order valence-electron chi connectivity index (χ1n) is 7.71. The number of nitrogens with one attached hydrogen (secondary N) is 1. The minimum absolute atomic E-state index is 0.455. The van der Waals surface area contributed by atoms with E-state index in [4.69, 9.17) is 0 Å². The van der Waals surface area contributed by atoms with Crippen molar-refractivity contribution >= 4 is 5.69 Å². The molecule has 1 aliphatic heterocycles. The van der Waals surface area contributed by atoms with E-state index >= 15 is 0 Å². The third-order valence-corrected chi connectivity index (χ3v) is 4.22. The lowest BCUT2D eigenvalue weighted by Gasteiger charge is -2.25. The highest BCUT2D eigenvalue weighted by atomic mass is 15.1. The summed E-state index contributed by atoms with van der Waals surface area (Å²) >= 11 is 0. The van der Waals surface area contributed by atoms with Crippen LogP contribution < -0.4 is 10.2 Å². The molecule has 1 aromatic heterocycles. The second-order valence-corrected chi connectivity index (χ2v) is 5.73. The van der Waals surface area contributed by atoms with Crippen molar-refractivity contribution < 1.29 is 0 Å². The summed E-state index contributed by atoms with van der Waals surface area (Å²) in [5, 5.41) is 3.45. The van der Waals surface area contributed by atoms with Crippen molar-refractivity contribution in [2.24, 2.45) is 0 Å². The van der Waals surface area contributed by atoms with Crippen molar-refractivity contribution in [2.45, 2.75) is 32.4 Å². The largest absolute Gasteiger partial charge is 0.365 e. The molecule has 110 valence electrons. The Morgan fingerprint density at radius 2 is 2.05 bits per heavy atom. The standard InChI is InChI=1S/C18H23N3/c1-14-7-5-8-15(20-14)13-21-12-6-10-17(19-2)16-9-3-4-11-18(16)21/h3-5,7-9,11,17,19H,6,10,12-13H2,1-2H3. The molecule has 1 aromatic carbocycles. The number of rotatable bonds is 3. The Morgan fingerprint density at radius 1 is 1.19 bits per heavy atom. The highest BCUT2D eigenvalue weighted by Crippen LogP contribution is 2.33. The van der Waals surface area contributed by atoms with Crippen LogP contribution in [0.2, 0.25) is 0 Å². The highest BCUT2D eigenvalue weighted by molar-refractivity contribution is 5.56. The second kappa shape index (κ2) is 6.27. The summed E-state index contributed by atoms with van der Waals surface area (Å²) < 4.78 is 0. The van der Waals surface area contributed by atoms with Gasteiger partial charge < -0.3 is 10.2 Å². The summed E-state index contributed by atoms with van der Waals surface area (Å²) in [6.45, 7) is 4.02. The van der Waals surface area contributed by atoms with Gasteiger partial charge in [0, 0.05) is 24.0 Å². The zero-order valence-electron chi connectivity index (χ0n) is 12.8. The molecule has 0 bridgehead atoms. The van der Waals surface area contributed by atoms with E-state index in [1.807, 2.05) is 0 Å². The number of pyridine rings is 1. The molecule has 0 saturated carbocycles. The van der Waals surface area contributed by atoms with E-state index in [2.05, 4.69) is 71.6 Å². The summed E-state index contributed by atoms with van der Waals surface area (Å²) in [6.07, 6.45) is 2.39. The monoisotopic (exact) mass is 281 g/mol. The molecule has 3 rings (SSSR count). The fraction of sp³-hybridized carbons (Fsp3) is 0.389. The quantitative estimate of drug-likeness (QED) is 0.934. The average Bonchev–Trinajstić information content (AvgIpc) is 2.67. The van der Waals surface area contributed by atoms with Crippen molar-refractivity contribution in [1.29, 1.82) is 0 Å². The third-order valence-electron chi connectivity index (χ3n) is 4.22. The molecule has 1 N–H and O–H groups in total. The Labute approximate surface area is 127 Å². The lowest BCUT2D eigenvalue weighted by Crippen LogP contribution is -2.24. The summed E-state index contributed by atoms with van der Waals surface area (Å²) in [5.74, 6) is 0. The first-order chi connectivity index (χ1) is 10.3. The molecule has 2 aromatic rings. The molecule has 0 fully saturated rings. The zero-order valence-corrected chi connectivity index (χ0v) is 12.8. The van der Waals surface area contributed by atoms with Crippen LogP contribution in [0.5, 0.6) is 0 Å². The van der Waals surface area contributed by atoms with E-state index in [1.165, 1.54) is 24.1 Å². The number of hydrogen-bond donors (Lipinski definition) is 1. The first-order valence-corrected chi connectivity index (χ1v) is 7.71. The molecule has 2 heterocycles. The summed E-state index contributed by atoms with van der Waals surface area (Å²) in [5.41, 5.74) is 4.99. The molecular formula is C18H23N3. The van der Waals surface area contributed by atoms with Gasteiger partial charge in [0.1, 0.15) is 0 Å². The lowest BCUT2D eigenvalue weighted by atomic mass is 10.0. The molecule has 0 aliphatic carbocycles. The minimum Gasteiger partial charge on any atom is -0.365 e. The summed E-state index contributed by atoms with van der Waals surface area (Å²) in [7, 11) is 2.05. The first kappa shape index (κ1) is 14.1. The van der Waals surface area contributed by atoms with E-state index in [0.717, 1.165) is 24.5 Å². The van der Waals surface area contributed by atoms with Crippen LogP contribution in [0.25, 0.3) is 0 Å². The molecule has 1 unspecified atom stereocenters. The summed E-state index contributed by atoms with van der Waals surface area (Å²) in [6, 6.07) is 15.5. The van der Waals surface area contributed by atoms with Crippen LogP contribution in [-0.4, -0.2) is 18.6 Å². The van der Waals surface area contributed by atoms with Gasteiger partial charge >= 0.3 is 0 Å². The van der Waals surface area contributed by atoms with E-state index < -0.39 is 0 Å². The molecule has 1 aliphatic rings. The van der Waals surface area contributed by atoms with E-state index in [0.29, 0.717) is 6.04 Å². The van der Waals surface area contributed by atoms with Crippen molar-refractivity contribution in [3.63, 3.8) is 0 Å². The van der Waals surface area contributed by atoms with Gasteiger partial charge in [0.25, 0.3) is 0 Å². The molecule has 0 amide bonds. The van der Waals surface area contributed by atoms with Gasteiger partial charge in [-0.1, -0.05) is 24.3 Å². The predicted octanol–water partition coefficient (Wildman–Crippen LogP) is 3.45. The number of nitrogens with zero attached hydrogens (tertiary/aromatic N) is 2. The fourth-order valence-corrected chi connectivity index (χ4v) is 3.18. The number of anilines is 1. The lowest BCUT2D eigenvalue weighted by molar-refractivity contribution is 0.541. The number of benzene rings is 1. The Bertz CT molecular complexity index is 609. The van der Waals surface area contributed by atoms with Gasteiger partial charge in [-0.05, 0) is 50.6 Å². The Hall–Kier alpha value is -1.87. The van der Waals surface area contributed by atoms with Crippen LogP contribution in [0.4, 0.5) is 5.69 Å². The number of hydrogen-bond acceptors (Lipinski definition) is 3. The zero-order chi connectivity index (χ0) is 14.7. The maximum Gasteiger partial charge on any atom is 0.0602 e. The molecule has 0 spiro atoms. The van der Waals surface area contributed by atoms with Crippen LogP contribution in [0, 0.1) is 6.92 Å². The number of aromatic nitrogens is 1. The van der Waals surface area contributed by atoms with Crippen molar-refractivity contribution in [3.8, 4) is 0 Å². The van der Waals surface area contributed by atoms with E-state index in [9.17, 15) is 0 Å². The average molecular weight is 281 g/mol. The van der Waals surface area contributed by atoms with Crippen molar-refractivity contribution in [1.82, 2.24) is 10.3 Å². The fourth-order valence-electron chi connectivity index (χ4n) is 3.18. The van der Waals surface area contributed by atoms with Gasteiger partial charge in [0.05, 0.1) is 12.2 Å². The molecule has 1 atom stereocenters. The third kappa shape index (κ3) is 3.08. The van der Waals surface area contributed by atoms with Crippen LogP contribution in [-0.2, 0) is 6.54 Å². The molecule has 0 saturated heterocycles. The van der Waals surface area contributed by atoms with E-state index in [-0.39, 0.29) is 0 Å². The van der Waals surface area contributed by atoms with Crippen molar-refractivity contribution in [2.75, 3.05) is 18.5 Å². The molecule has 0 radical (unpaired) electrons. The minimum atomic E-state index is 0.455. The Morgan fingerprint density at radius 3 is 2.86 bits per heavy atom. The number of para-hydroxylation sites is 1. The van der Waals surface area contributed by atoms with Gasteiger partial charge in [-0.15, -0.1) is 0 Å². The molecular weight excluding hydrogens is 258 g/mol. The van der Waals surface area contributed by atoms with Gasteiger partial charge in [0.2, 0.25) is 0 Å². The Kier molecular flexibility index (Phi) is 4.20. The highest BCUT2D eigenvalue weighted by Gasteiger charge is 2.21. The van der Waals surface area contributed by atoms with Gasteiger partial charge in [-0.2, -0.15) is 0 Å². The van der Waals surface area contributed by atoms with Crippen molar-refractivity contribution in [3.05, 3.63) is 59.4 Å². The maximum absolute atomic E-state index is 4.65. The number of aryl methyl sites for hydroxylation is 1. The van der Waals surface area contributed by atoms with Crippen LogP contribution >= 0.6 is 0 Å². The molecule has 3 heteroatoms. The van der Waals surface area contributed by atoms with Gasteiger partial charge in [0.15, 0.2) is 0 Å². The molecule has 3 nitrogen and oxygen atoms in total. The van der Waals surface area contributed by atoms with Crippen LogP contribution in [0.3, 0.4) is 0 Å². The summed E-state index contributed by atoms with van der Waals surface area (Å²) in [4.78, 5) is 7.12. The number of fused-ring (bicyclic) bond motifs is 1. The van der Waals surface area contributed by atoms with Crippen LogP contribution in [0.1, 0.15) is 35.8 Å². The maximum atomic E-state index is 4.65. The van der Waals surface area contributed by atoms with Crippen LogP contribution in [0.15, 0.2) is 42.5 Å².